The van der Waals surface area contributed by atoms with Crippen molar-refractivity contribution in [3.63, 3.8) is 0 Å². The van der Waals surface area contributed by atoms with E-state index in [1.807, 2.05) is 24.3 Å². The maximum Gasteiger partial charge on any atom is 0.319 e. The second kappa shape index (κ2) is 22.6. The van der Waals surface area contributed by atoms with E-state index in [1.54, 1.807) is 19.3 Å². The molecule has 2 atom stereocenters. The number of nitrogens with zero attached hydrogens (tertiary/aromatic N) is 7. The number of anilines is 2. The molecule has 0 spiro atoms. The molecule has 3 aromatic carbocycles. The van der Waals surface area contributed by atoms with Gasteiger partial charge in [-0.15, -0.1) is 6.42 Å². The summed E-state index contributed by atoms with van der Waals surface area (Å²) >= 11 is 0. The zero-order valence-corrected chi connectivity index (χ0v) is 42.0. The second-order valence-electron chi connectivity index (χ2n) is 20.4. The standard InChI is InChI=1S/C50H58FN9O3.C6H11NO2/c1-4-33-8-7-9-34-23-39(61)24-41(43(33)34)45-44(51)46-42(26-52-45)47(60-28-36(5-2)54-37(6-3)29-60)56-49(55-46)63-31-50(14-15-50)30-58-20-18-57(19-21-58)27-32-12-16-59(17-13-32)38-10-11-40-35(22-38)25-53-48(40)62;1-7-6(9)4-2-3-5-8/h1,7-11,22-24,26,32,36-37,54,61H,5-6,12-21,25,27-31H2,2-3H3,(H,53,62);5H,2-4H2,1H3,(H,7,9). The number of hydrogen-bond donors (Lipinski definition) is 4. The van der Waals surface area contributed by atoms with Crippen molar-refractivity contribution in [3.05, 3.63) is 77.2 Å². The van der Waals surface area contributed by atoms with Crippen molar-refractivity contribution in [2.24, 2.45) is 11.3 Å². The number of phenols is 1. The van der Waals surface area contributed by atoms with Crippen molar-refractivity contribution in [2.75, 3.05) is 88.9 Å². The van der Waals surface area contributed by atoms with Gasteiger partial charge < -0.3 is 50.2 Å². The van der Waals surface area contributed by atoms with Crippen LogP contribution >= 0.6 is 0 Å². The second-order valence-corrected chi connectivity index (χ2v) is 20.4. The van der Waals surface area contributed by atoms with Crippen molar-refractivity contribution in [3.8, 4) is 35.4 Å². The van der Waals surface area contributed by atoms with Gasteiger partial charge in [0.2, 0.25) is 5.91 Å². The number of hydrogen-bond acceptors (Lipinski definition) is 13. The number of halogens is 1. The maximum absolute atomic E-state index is 17.2. The predicted octanol–water partition coefficient (Wildman–Crippen LogP) is 6.68. The van der Waals surface area contributed by atoms with E-state index in [9.17, 15) is 19.5 Å². The average Bonchev–Trinajstić information content (AvgIpc) is 4.08. The van der Waals surface area contributed by atoms with E-state index in [-0.39, 0.29) is 52.3 Å². The molecule has 72 heavy (non-hydrogen) atoms. The summed E-state index contributed by atoms with van der Waals surface area (Å²) in [6.45, 7) is 15.3. The lowest BCUT2D eigenvalue weighted by molar-refractivity contribution is -0.120. The molecule has 5 aromatic rings. The quantitative estimate of drug-likeness (QED) is 0.0471. The van der Waals surface area contributed by atoms with Crippen molar-refractivity contribution >= 4 is 51.3 Å². The van der Waals surface area contributed by atoms with E-state index in [1.165, 1.54) is 24.6 Å². The van der Waals surface area contributed by atoms with Crippen LogP contribution in [-0.4, -0.2) is 139 Å². The Morgan fingerprint density at radius 1 is 0.986 bits per heavy atom. The summed E-state index contributed by atoms with van der Waals surface area (Å²) in [5, 5.41) is 21.8. The average molecular weight is 981 g/mol. The number of carbonyl (C=O) groups is 3. The molecule has 5 aliphatic rings. The lowest BCUT2D eigenvalue weighted by Crippen LogP contribution is -2.56. The molecule has 3 saturated heterocycles. The van der Waals surface area contributed by atoms with Crippen LogP contribution in [0.15, 0.2) is 54.7 Å². The highest BCUT2D eigenvalue weighted by Gasteiger charge is 2.45. The van der Waals surface area contributed by atoms with Crippen LogP contribution < -0.4 is 30.5 Å². The molecule has 4 fully saturated rings. The van der Waals surface area contributed by atoms with Gasteiger partial charge in [-0.2, -0.15) is 9.97 Å². The Labute approximate surface area is 422 Å². The first-order chi connectivity index (χ1) is 35.0. The van der Waals surface area contributed by atoms with Gasteiger partial charge in [0, 0.05) is 143 Å². The van der Waals surface area contributed by atoms with Gasteiger partial charge in [0.05, 0.1) is 12.0 Å². The van der Waals surface area contributed by atoms with Crippen LogP contribution in [0.3, 0.4) is 0 Å². The molecular weight excluding hydrogens is 912 g/mol. The number of aromatic nitrogens is 3. The predicted molar refractivity (Wildman–Crippen MR) is 280 cm³/mol. The zero-order valence-electron chi connectivity index (χ0n) is 42.0. The number of terminal acetylenes is 1. The van der Waals surface area contributed by atoms with E-state index in [2.05, 4.69) is 67.5 Å². The topological polar surface area (TPSA) is 168 Å². The number of ether oxygens (including phenoxy) is 1. The van der Waals surface area contributed by atoms with Gasteiger partial charge in [-0.25, -0.2) is 4.39 Å². The number of nitrogens with one attached hydrogen (secondary N) is 3. The van der Waals surface area contributed by atoms with Gasteiger partial charge in [-0.05, 0) is 98.2 Å². The largest absolute Gasteiger partial charge is 0.508 e. The fourth-order valence-electron chi connectivity index (χ4n) is 10.9. The number of aromatic hydroxyl groups is 1. The van der Waals surface area contributed by atoms with Crippen LogP contribution in [0.1, 0.15) is 93.1 Å². The molecule has 0 bridgehead atoms. The molecule has 10 rings (SSSR count). The Morgan fingerprint density at radius 3 is 2.43 bits per heavy atom. The number of pyridine rings is 1. The molecule has 2 aromatic heterocycles. The number of amides is 2. The summed E-state index contributed by atoms with van der Waals surface area (Å²) in [5.74, 6) is 3.47. The fourth-order valence-corrected chi connectivity index (χ4v) is 10.9. The third kappa shape index (κ3) is 11.4. The van der Waals surface area contributed by atoms with Gasteiger partial charge in [0.25, 0.3) is 5.91 Å². The summed E-state index contributed by atoms with van der Waals surface area (Å²) in [4.78, 5) is 56.7. The molecule has 2 amide bonds. The summed E-state index contributed by atoms with van der Waals surface area (Å²) < 4.78 is 23.7. The minimum absolute atomic E-state index is 0.00292. The number of aldehydes is 1. The number of piperazine rings is 2. The summed E-state index contributed by atoms with van der Waals surface area (Å²) in [6, 6.07) is 15.6. The lowest BCUT2D eigenvalue weighted by atomic mass is 9.95. The maximum atomic E-state index is 17.2. The van der Waals surface area contributed by atoms with Gasteiger partial charge in [-0.3, -0.25) is 14.6 Å². The zero-order chi connectivity index (χ0) is 50.4. The first kappa shape index (κ1) is 50.5. The van der Waals surface area contributed by atoms with Gasteiger partial charge in [-0.1, -0.05) is 31.9 Å². The molecule has 4 aliphatic heterocycles. The van der Waals surface area contributed by atoms with E-state index in [0.717, 1.165) is 109 Å². The third-order valence-electron chi connectivity index (χ3n) is 15.4. The van der Waals surface area contributed by atoms with Crippen molar-refractivity contribution in [1.29, 1.82) is 0 Å². The Bertz CT molecular complexity index is 2810. The summed E-state index contributed by atoms with van der Waals surface area (Å²) in [7, 11) is 1.59. The molecule has 15 nitrogen and oxygen atoms in total. The number of unbranched alkanes of at least 4 members (excludes halogenated alkanes) is 1. The molecule has 0 radical (unpaired) electrons. The van der Waals surface area contributed by atoms with E-state index < -0.39 is 5.82 Å². The van der Waals surface area contributed by atoms with Crippen LogP contribution in [0.2, 0.25) is 0 Å². The third-order valence-corrected chi connectivity index (χ3v) is 15.4. The van der Waals surface area contributed by atoms with E-state index in [0.29, 0.717) is 71.4 Å². The van der Waals surface area contributed by atoms with Crippen LogP contribution in [0.5, 0.6) is 11.8 Å². The highest BCUT2D eigenvalue weighted by Crippen LogP contribution is 2.47. The summed E-state index contributed by atoms with van der Waals surface area (Å²) in [5.41, 5.74) is 4.37. The fraction of sp³-hybridized carbons (Fsp3) is 0.500. The molecular formula is C56H69FN10O5. The van der Waals surface area contributed by atoms with Crippen molar-refractivity contribution < 1.29 is 28.6 Å². The van der Waals surface area contributed by atoms with Crippen LogP contribution in [-0.2, 0) is 16.1 Å². The highest BCUT2D eigenvalue weighted by atomic mass is 19.1. The van der Waals surface area contributed by atoms with Crippen LogP contribution in [0.4, 0.5) is 15.9 Å². The van der Waals surface area contributed by atoms with E-state index >= 15 is 4.39 Å². The number of piperidine rings is 1. The van der Waals surface area contributed by atoms with Crippen LogP contribution in [0.25, 0.3) is 32.9 Å². The minimum Gasteiger partial charge on any atom is -0.508 e. The molecule has 16 heteroatoms. The molecule has 2 unspecified atom stereocenters. The number of benzene rings is 3. The Morgan fingerprint density at radius 2 is 1.74 bits per heavy atom. The molecule has 380 valence electrons. The lowest BCUT2D eigenvalue weighted by Gasteiger charge is -2.40. The number of phenolic OH excluding ortho intramolecular Hbond substituents is 1. The van der Waals surface area contributed by atoms with Gasteiger partial charge in [0.1, 0.15) is 29.1 Å². The van der Waals surface area contributed by atoms with Gasteiger partial charge >= 0.3 is 6.01 Å². The van der Waals surface area contributed by atoms with E-state index in [4.69, 9.17) is 26.1 Å². The normalized spacial score (nSPS) is 20.1. The number of fused-ring (bicyclic) bond motifs is 3. The molecule has 1 saturated carbocycles. The Kier molecular flexibility index (Phi) is 15.8. The smallest absolute Gasteiger partial charge is 0.319 e. The van der Waals surface area contributed by atoms with Gasteiger partial charge in [0.15, 0.2) is 5.82 Å². The molecule has 4 N–H and O–H groups in total. The number of rotatable bonds is 16. The molecule has 6 heterocycles. The number of carbonyl (C=O) groups excluding carboxylic acids is 3. The van der Waals surface area contributed by atoms with Crippen molar-refractivity contribution in [1.82, 2.24) is 40.7 Å². The first-order valence-electron chi connectivity index (χ1n) is 26.0. The molecule has 1 aliphatic carbocycles. The Hall–Kier alpha value is -6.41. The highest BCUT2D eigenvalue weighted by molar-refractivity contribution is 6.03. The summed E-state index contributed by atoms with van der Waals surface area (Å²) in [6.07, 6.45) is 16.4. The Balaban J connectivity index is 0.000000650. The SMILES string of the molecule is C#Cc1cccc2cc(O)cc(-c3ncc4c(N5CC(CC)NC(CC)C5)nc(OCC5(CN6CCN(CC7CCN(c8ccc9c(c8)CNC9=O)CC7)CC6)CC5)nc4c3F)c12.CNC(=O)CCCC=O. The monoisotopic (exact) mass is 981 g/mol. The van der Waals surface area contributed by atoms with Crippen LogP contribution in [0, 0.1) is 29.5 Å². The van der Waals surface area contributed by atoms with Crippen molar-refractivity contribution in [2.45, 2.75) is 90.3 Å². The first-order valence-corrected chi connectivity index (χ1v) is 26.0. The minimum atomic E-state index is -0.603.